The van der Waals surface area contributed by atoms with Crippen LogP contribution in [0, 0.1) is 0 Å². The third kappa shape index (κ3) is 3.42. The molecular weight excluding hydrogens is 272 g/mol. The van der Waals surface area contributed by atoms with Crippen LogP contribution in [0.5, 0.6) is 0 Å². The molecule has 0 spiro atoms. The molecule has 0 aliphatic heterocycles. The van der Waals surface area contributed by atoms with Gasteiger partial charge in [0.1, 0.15) is 7.59 Å². The Balaban J connectivity index is 3.03. The minimum Gasteiger partial charge on any atom is -0.438 e. The van der Waals surface area contributed by atoms with Crippen LogP contribution in [0.15, 0.2) is 30.3 Å². The molecule has 1 rings (SSSR count). The zero-order valence-corrected chi connectivity index (χ0v) is 15.7. The topological polar surface area (TPSA) is 18.5 Å². The number of hydrogen-bond donors (Lipinski definition) is 0. The smallest absolute Gasteiger partial charge is 0.321 e. The molecule has 102 valence electrons. The van der Waals surface area contributed by atoms with E-state index in [1.54, 1.807) is 7.11 Å². The van der Waals surface area contributed by atoms with E-state index in [1.807, 2.05) is 0 Å². The summed E-state index contributed by atoms with van der Waals surface area (Å²) < 4.78 is 12.1. The SMILES string of the molecule is CO[Si](C)(C)O[Si](C)(C)[Si](C)(C)c1ccccc1. The minimum absolute atomic E-state index is 1.49. The molecule has 0 aromatic heterocycles. The normalized spacial score (nSPS) is 13.7. The average molecular weight is 299 g/mol. The Labute approximate surface area is 115 Å². The van der Waals surface area contributed by atoms with Crippen LogP contribution in [0.25, 0.3) is 0 Å². The first kappa shape index (κ1) is 15.8. The molecule has 2 nitrogen and oxygen atoms in total. The van der Waals surface area contributed by atoms with Crippen molar-refractivity contribution >= 4 is 29.2 Å². The van der Waals surface area contributed by atoms with Crippen molar-refractivity contribution in [3.8, 4) is 0 Å². The van der Waals surface area contributed by atoms with E-state index in [0.717, 1.165) is 0 Å². The van der Waals surface area contributed by atoms with E-state index in [9.17, 15) is 0 Å². The molecule has 0 heterocycles. The Morgan fingerprint density at radius 2 is 1.33 bits per heavy atom. The van der Waals surface area contributed by atoms with Crippen molar-refractivity contribution in [1.82, 2.24) is 0 Å². The van der Waals surface area contributed by atoms with Gasteiger partial charge in [-0.25, -0.2) is 0 Å². The highest BCUT2D eigenvalue weighted by atomic mass is 29.3. The molecule has 0 atom stereocenters. The van der Waals surface area contributed by atoms with Crippen molar-refractivity contribution in [2.75, 3.05) is 7.11 Å². The second-order valence-corrected chi connectivity index (χ2v) is 24.4. The maximum atomic E-state index is 6.51. The van der Waals surface area contributed by atoms with Crippen LogP contribution >= 0.6 is 0 Å². The van der Waals surface area contributed by atoms with E-state index in [4.69, 9.17) is 8.54 Å². The van der Waals surface area contributed by atoms with Gasteiger partial charge in [0, 0.05) is 7.11 Å². The van der Waals surface area contributed by atoms with Gasteiger partial charge in [-0.05, 0) is 26.2 Å². The van der Waals surface area contributed by atoms with Crippen molar-refractivity contribution in [3.05, 3.63) is 30.3 Å². The van der Waals surface area contributed by atoms with Gasteiger partial charge in [-0.3, -0.25) is 0 Å². The minimum atomic E-state index is -1.96. The van der Waals surface area contributed by atoms with E-state index in [0.29, 0.717) is 0 Å². The van der Waals surface area contributed by atoms with E-state index >= 15 is 0 Å². The van der Waals surface area contributed by atoms with Crippen LogP contribution < -0.4 is 5.19 Å². The molecule has 1 aromatic carbocycles. The van der Waals surface area contributed by atoms with Crippen LogP contribution in [0.4, 0.5) is 0 Å². The largest absolute Gasteiger partial charge is 0.438 e. The Hall–Kier alpha value is -0.209. The standard InChI is InChI=1S/C13H26O2Si3/c1-14-17(4,5)15-18(6,7)16(2,3)13-11-9-8-10-12-13/h8-12H,1-7H3. The highest BCUT2D eigenvalue weighted by Crippen LogP contribution is 2.24. The lowest BCUT2D eigenvalue weighted by atomic mass is 10.4. The van der Waals surface area contributed by atoms with Gasteiger partial charge in [0.2, 0.25) is 0 Å². The average Bonchev–Trinajstić information content (AvgIpc) is 2.28. The van der Waals surface area contributed by atoms with Crippen molar-refractivity contribution in [2.24, 2.45) is 0 Å². The fourth-order valence-corrected chi connectivity index (χ4v) is 17.1. The summed E-state index contributed by atoms with van der Waals surface area (Å²) in [5.41, 5.74) is 0. The molecule has 0 unspecified atom stereocenters. The Morgan fingerprint density at radius 1 is 0.833 bits per heavy atom. The van der Waals surface area contributed by atoms with E-state index in [-0.39, 0.29) is 0 Å². The predicted octanol–water partition coefficient (Wildman–Crippen LogP) is 3.25. The van der Waals surface area contributed by atoms with Crippen LogP contribution in [-0.4, -0.2) is 31.1 Å². The fraction of sp³-hybridized carbons (Fsp3) is 0.538. The highest BCUT2D eigenvalue weighted by Gasteiger charge is 2.47. The quantitative estimate of drug-likeness (QED) is 0.777. The summed E-state index contributed by atoms with van der Waals surface area (Å²) in [4.78, 5) is 0. The summed E-state index contributed by atoms with van der Waals surface area (Å²) in [5.74, 6) is 0. The molecule has 1 aromatic rings. The molecule has 0 saturated heterocycles. The lowest BCUT2D eigenvalue weighted by molar-refractivity contribution is 0.314. The van der Waals surface area contributed by atoms with Gasteiger partial charge < -0.3 is 8.54 Å². The van der Waals surface area contributed by atoms with Crippen LogP contribution in [0.3, 0.4) is 0 Å². The molecule has 0 amide bonds. The van der Waals surface area contributed by atoms with Crippen molar-refractivity contribution in [1.29, 1.82) is 0 Å². The molecule has 0 fully saturated rings. The maximum Gasteiger partial charge on any atom is 0.321 e. The number of benzene rings is 1. The Morgan fingerprint density at radius 3 is 1.78 bits per heavy atom. The van der Waals surface area contributed by atoms with E-state index in [2.05, 4.69) is 69.6 Å². The summed E-state index contributed by atoms with van der Waals surface area (Å²) in [6.07, 6.45) is 0. The third-order valence-corrected chi connectivity index (χ3v) is 24.6. The van der Waals surface area contributed by atoms with Crippen LogP contribution in [-0.2, 0) is 8.54 Å². The molecular formula is C13H26O2Si3. The predicted molar refractivity (Wildman–Crippen MR) is 86.6 cm³/mol. The van der Waals surface area contributed by atoms with Crippen LogP contribution in [0.2, 0.25) is 39.3 Å². The van der Waals surface area contributed by atoms with Gasteiger partial charge in [-0.2, -0.15) is 0 Å². The summed E-state index contributed by atoms with van der Waals surface area (Å²) >= 11 is 0. The fourth-order valence-electron chi connectivity index (χ4n) is 1.99. The summed E-state index contributed by atoms with van der Waals surface area (Å²) in [5, 5.41) is 1.49. The first-order valence-corrected chi connectivity index (χ1v) is 16.2. The first-order chi connectivity index (χ1) is 8.12. The van der Waals surface area contributed by atoms with Crippen LogP contribution in [0.1, 0.15) is 0 Å². The summed E-state index contributed by atoms with van der Waals surface area (Å²) in [7, 11) is -3.50. The molecule has 0 aliphatic rings. The molecule has 0 bridgehead atoms. The van der Waals surface area contributed by atoms with Gasteiger partial charge in [0.15, 0.2) is 7.83 Å². The third-order valence-electron chi connectivity index (χ3n) is 3.99. The van der Waals surface area contributed by atoms with Gasteiger partial charge >= 0.3 is 8.56 Å². The van der Waals surface area contributed by atoms with Gasteiger partial charge in [0.25, 0.3) is 0 Å². The monoisotopic (exact) mass is 298 g/mol. The molecule has 0 radical (unpaired) electrons. The maximum absolute atomic E-state index is 6.51. The molecule has 0 N–H and O–H groups in total. The molecule has 0 aliphatic carbocycles. The zero-order valence-electron chi connectivity index (χ0n) is 12.7. The molecule has 0 saturated carbocycles. The lowest BCUT2D eigenvalue weighted by Crippen LogP contribution is -2.67. The molecule has 18 heavy (non-hydrogen) atoms. The Bertz CT molecular complexity index is 388. The second-order valence-electron chi connectivity index (χ2n) is 6.21. The highest BCUT2D eigenvalue weighted by molar-refractivity contribution is 7.44. The zero-order chi connectivity index (χ0) is 14.0. The van der Waals surface area contributed by atoms with Crippen molar-refractivity contribution in [3.63, 3.8) is 0 Å². The van der Waals surface area contributed by atoms with Crippen molar-refractivity contribution in [2.45, 2.75) is 39.3 Å². The summed E-state index contributed by atoms with van der Waals surface area (Å²) in [6, 6.07) is 10.9. The Kier molecular flexibility index (Phi) is 4.77. The van der Waals surface area contributed by atoms with Gasteiger partial charge in [0.05, 0.1) is 0 Å². The first-order valence-electron chi connectivity index (χ1n) is 6.43. The van der Waals surface area contributed by atoms with Gasteiger partial charge in [-0.15, -0.1) is 0 Å². The number of rotatable bonds is 5. The van der Waals surface area contributed by atoms with E-state index in [1.165, 1.54) is 5.19 Å². The van der Waals surface area contributed by atoms with Gasteiger partial charge in [-0.1, -0.05) is 48.6 Å². The number of hydrogen-bond acceptors (Lipinski definition) is 2. The van der Waals surface area contributed by atoms with Crippen molar-refractivity contribution < 1.29 is 8.54 Å². The van der Waals surface area contributed by atoms with E-state index < -0.39 is 24.0 Å². The lowest BCUT2D eigenvalue weighted by Gasteiger charge is -2.42. The molecule has 5 heteroatoms. The summed E-state index contributed by atoms with van der Waals surface area (Å²) in [6.45, 7) is 13.8. The second kappa shape index (κ2) is 5.42.